The maximum Gasteiger partial charge on any atom is 0.261 e. The number of hydrogen-bond acceptors (Lipinski definition) is 7. The summed E-state index contributed by atoms with van der Waals surface area (Å²) in [6, 6.07) is 13.3. The molecule has 12 heteroatoms. The summed E-state index contributed by atoms with van der Waals surface area (Å²) in [6.45, 7) is 3.02. The van der Waals surface area contributed by atoms with Crippen molar-refractivity contribution in [1.82, 2.24) is 18.2 Å². The van der Waals surface area contributed by atoms with E-state index in [0.29, 0.717) is 5.56 Å². The number of rotatable bonds is 6. The first kappa shape index (κ1) is 28.8. The molecule has 10 nitrogen and oxygen atoms in total. The Morgan fingerprint density at radius 1 is 1.18 bits per heavy atom. The van der Waals surface area contributed by atoms with E-state index < -0.39 is 38.1 Å². The molecule has 1 aromatic heterocycles. The highest BCUT2D eigenvalue weighted by Gasteiger charge is 2.39. The summed E-state index contributed by atoms with van der Waals surface area (Å²) in [7, 11) is -4.84. The van der Waals surface area contributed by atoms with Crippen LogP contribution >= 0.6 is 0 Å². The van der Waals surface area contributed by atoms with Gasteiger partial charge in [0, 0.05) is 49.9 Å². The van der Waals surface area contributed by atoms with Gasteiger partial charge in [-0.25, -0.2) is 21.8 Å². The van der Waals surface area contributed by atoms with Crippen LogP contribution in [0.25, 0.3) is 0 Å². The van der Waals surface area contributed by atoms with Gasteiger partial charge < -0.3 is 14.4 Å². The van der Waals surface area contributed by atoms with E-state index in [0.717, 1.165) is 9.87 Å². The van der Waals surface area contributed by atoms with Gasteiger partial charge in [-0.2, -0.15) is 8.61 Å². The number of sulfonamides is 2. The molecule has 1 aliphatic heterocycles. The average Bonchev–Trinajstić information content (AvgIpc) is 3.36. The van der Waals surface area contributed by atoms with Crippen LogP contribution in [-0.2, 0) is 27.1 Å². The molecule has 3 aromatic rings. The smallest absolute Gasteiger partial charge is 0.261 e. The molecule has 0 bridgehead atoms. The lowest BCUT2D eigenvalue weighted by atomic mass is 10.0. The quantitative estimate of drug-likeness (QED) is 0.448. The number of aromatic nitrogens is 2. The van der Waals surface area contributed by atoms with Crippen molar-refractivity contribution in [3.05, 3.63) is 72.2 Å². The van der Waals surface area contributed by atoms with Crippen molar-refractivity contribution in [2.75, 3.05) is 26.7 Å². The highest BCUT2D eigenvalue weighted by molar-refractivity contribution is 7.89. The molecule has 208 valence electrons. The molecule has 0 fully saturated rings. The highest BCUT2D eigenvalue weighted by atomic mass is 32.2. The second kappa shape index (κ2) is 11.5. The third-order valence-electron chi connectivity index (χ3n) is 6.58. The van der Waals surface area contributed by atoms with E-state index in [4.69, 9.17) is 4.74 Å². The van der Waals surface area contributed by atoms with Crippen LogP contribution in [0.1, 0.15) is 25.0 Å². The number of ether oxygens (including phenoxy) is 1. The predicted molar refractivity (Wildman–Crippen MR) is 146 cm³/mol. The fourth-order valence-electron chi connectivity index (χ4n) is 4.22. The molecule has 2 aromatic carbocycles. The van der Waals surface area contributed by atoms with Gasteiger partial charge >= 0.3 is 0 Å². The molecule has 4 rings (SSSR count). The number of hydrogen-bond donors (Lipinski definition) is 1. The Morgan fingerprint density at radius 2 is 1.87 bits per heavy atom. The lowest BCUT2D eigenvalue weighted by Gasteiger charge is -2.37. The van der Waals surface area contributed by atoms with Gasteiger partial charge in [0.15, 0.2) is 5.03 Å². The maximum atomic E-state index is 13.7. The molecule has 0 radical (unpaired) electrons. The van der Waals surface area contributed by atoms with Gasteiger partial charge in [0.2, 0.25) is 10.0 Å². The Bertz CT molecular complexity index is 1590. The number of nitrogens with zero attached hydrogens (tertiary/aromatic N) is 4. The van der Waals surface area contributed by atoms with Crippen LogP contribution in [0.4, 0.5) is 0 Å². The molecule has 0 unspecified atom stereocenters. The molecule has 0 spiro atoms. The number of likely N-dealkylation sites (N-methyl/N-ethyl adjacent to an activating group) is 1. The van der Waals surface area contributed by atoms with Crippen LogP contribution in [0, 0.1) is 17.8 Å². The van der Waals surface area contributed by atoms with Gasteiger partial charge in [-0.3, -0.25) is 0 Å². The first-order chi connectivity index (χ1) is 18.4. The number of aryl methyl sites for hydroxylation is 1. The van der Waals surface area contributed by atoms with E-state index in [1.807, 2.05) is 30.3 Å². The van der Waals surface area contributed by atoms with E-state index in [1.54, 1.807) is 37.6 Å². The molecule has 0 saturated heterocycles. The van der Waals surface area contributed by atoms with Crippen molar-refractivity contribution < 1.29 is 26.7 Å². The number of aliphatic hydroxyl groups excluding tert-OH is 1. The number of benzene rings is 2. The fraction of sp³-hybridized carbons (Fsp3) is 0.370. The second-order valence-electron chi connectivity index (χ2n) is 9.68. The number of fused-ring (bicyclic) bond motifs is 1. The van der Waals surface area contributed by atoms with Crippen molar-refractivity contribution in [3.8, 4) is 17.6 Å². The summed E-state index contributed by atoms with van der Waals surface area (Å²) in [4.78, 5) is 3.91. The first-order valence-electron chi connectivity index (χ1n) is 12.4. The molecule has 39 heavy (non-hydrogen) atoms. The minimum Gasteiger partial charge on any atom is -0.487 e. The summed E-state index contributed by atoms with van der Waals surface area (Å²) >= 11 is 0. The molecule has 1 N–H and O–H groups in total. The van der Waals surface area contributed by atoms with Crippen molar-refractivity contribution in [3.63, 3.8) is 0 Å². The SMILES string of the molecule is C[C@H]1CN([C@@H](C)CO)S(=O)(=O)c2ccc(C#Cc3ccccc3)cc2O[C@@H]1CN(C)S(=O)(=O)c1cn(C)cn1. The van der Waals surface area contributed by atoms with Crippen LogP contribution in [-0.4, -0.2) is 79.0 Å². The maximum absolute atomic E-state index is 13.7. The van der Waals surface area contributed by atoms with Gasteiger partial charge in [0.1, 0.15) is 16.7 Å². The minimum absolute atomic E-state index is 0.0290. The van der Waals surface area contributed by atoms with Crippen molar-refractivity contribution in [2.45, 2.75) is 35.9 Å². The first-order valence-corrected chi connectivity index (χ1v) is 15.3. The monoisotopic (exact) mass is 572 g/mol. The summed E-state index contributed by atoms with van der Waals surface area (Å²) in [5.41, 5.74) is 1.34. The van der Waals surface area contributed by atoms with Crippen LogP contribution in [0.15, 0.2) is 71.0 Å². The largest absolute Gasteiger partial charge is 0.487 e. The van der Waals surface area contributed by atoms with Crippen LogP contribution in [0.3, 0.4) is 0 Å². The van der Waals surface area contributed by atoms with E-state index in [1.165, 1.54) is 29.9 Å². The molecule has 3 atom stereocenters. The normalized spacial score (nSPS) is 20.2. The molecular formula is C27H32N4O6S2. The summed E-state index contributed by atoms with van der Waals surface area (Å²) in [5, 5.41) is 9.74. The zero-order valence-electron chi connectivity index (χ0n) is 22.2. The van der Waals surface area contributed by atoms with Gasteiger partial charge in [0.25, 0.3) is 10.0 Å². The Labute approximate surface area is 230 Å². The predicted octanol–water partition coefficient (Wildman–Crippen LogP) is 1.91. The number of aliphatic hydroxyl groups is 1. The van der Waals surface area contributed by atoms with Crippen molar-refractivity contribution >= 4 is 20.0 Å². The average molecular weight is 573 g/mol. The summed E-state index contributed by atoms with van der Waals surface area (Å²) in [5.74, 6) is 5.73. The Morgan fingerprint density at radius 3 is 2.51 bits per heavy atom. The topological polar surface area (TPSA) is 122 Å². The number of imidazole rings is 1. The Balaban J connectivity index is 1.74. The fourth-order valence-corrected chi connectivity index (χ4v) is 7.19. The van der Waals surface area contributed by atoms with E-state index in [2.05, 4.69) is 16.8 Å². The van der Waals surface area contributed by atoms with E-state index >= 15 is 0 Å². The van der Waals surface area contributed by atoms with Gasteiger partial charge in [-0.15, -0.1) is 0 Å². The second-order valence-corrected chi connectivity index (χ2v) is 13.5. The molecule has 1 aliphatic rings. The standard InChI is InChI=1S/C27H32N4O6S2/c1-20-15-31(21(2)18-32)38(33,34)26-13-12-23(11-10-22-8-6-5-7-9-22)14-24(26)37-25(20)16-30(4)39(35,36)27-17-29(3)19-28-27/h5-9,12-14,17,19-21,25,32H,15-16,18H2,1-4H3/t20-,21-,25+/m0/s1. The molecular weight excluding hydrogens is 540 g/mol. The molecule has 0 saturated carbocycles. The van der Waals surface area contributed by atoms with Gasteiger partial charge in [-0.1, -0.05) is 37.0 Å². The third-order valence-corrected chi connectivity index (χ3v) is 10.3. The van der Waals surface area contributed by atoms with E-state index in [-0.39, 0.29) is 35.4 Å². The van der Waals surface area contributed by atoms with Gasteiger partial charge in [-0.05, 0) is 37.3 Å². The lowest BCUT2D eigenvalue weighted by molar-refractivity contribution is 0.0904. The van der Waals surface area contributed by atoms with Crippen LogP contribution in [0.2, 0.25) is 0 Å². The van der Waals surface area contributed by atoms with Gasteiger partial charge in [0.05, 0.1) is 19.5 Å². The third kappa shape index (κ3) is 6.18. The summed E-state index contributed by atoms with van der Waals surface area (Å²) < 4.78 is 63.9. The lowest BCUT2D eigenvalue weighted by Crippen LogP contribution is -2.50. The zero-order chi connectivity index (χ0) is 28.4. The van der Waals surface area contributed by atoms with Crippen LogP contribution < -0.4 is 4.74 Å². The zero-order valence-corrected chi connectivity index (χ0v) is 23.9. The van der Waals surface area contributed by atoms with Crippen molar-refractivity contribution in [2.24, 2.45) is 13.0 Å². The summed E-state index contributed by atoms with van der Waals surface area (Å²) in [6.07, 6.45) is 2.11. The molecule has 0 aliphatic carbocycles. The van der Waals surface area contributed by atoms with E-state index in [9.17, 15) is 21.9 Å². The Hall–Kier alpha value is -3.21. The molecule has 0 amide bonds. The minimum atomic E-state index is -4.04. The van der Waals surface area contributed by atoms with Crippen molar-refractivity contribution in [1.29, 1.82) is 0 Å². The molecule has 2 heterocycles. The Kier molecular flexibility index (Phi) is 8.48. The highest BCUT2D eigenvalue weighted by Crippen LogP contribution is 2.34. The van der Waals surface area contributed by atoms with Crippen LogP contribution in [0.5, 0.6) is 5.75 Å².